The lowest BCUT2D eigenvalue weighted by molar-refractivity contribution is -0.234. The van der Waals surface area contributed by atoms with Crippen molar-refractivity contribution in [3.05, 3.63) is 28.4 Å². The molecule has 2 aliphatic heterocycles. The predicted molar refractivity (Wildman–Crippen MR) is 142 cm³/mol. The molecule has 0 aliphatic carbocycles. The number of ether oxygens (including phenoxy) is 5. The fourth-order valence-electron chi connectivity index (χ4n) is 3.76. The lowest BCUT2D eigenvalue weighted by atomic mass is 10.0. The van der Waals surface area contributed by atoms with Gasteiger partial charge in [0.2, 0.25) is 5.91 Å². The van der Waals surface area contributed by atoms with Crippen molar-refractivity contribution in [2.45, 2.75) is 37.5 Å². The number of aromatic nitrogens is 1. The molecule has 2 amide bonds. The third-order valence-electron chi connectivity index (χ3n) is 5.94. The van der Waals surface area contributed by atoms with Crippen molar-refractivity contribution in [1.82, 2.24) is 15.2 Å². The number of primary amides is 1. The lowest BCUT2D eigenvalue weighted by Crippen LogP contribution is -2.70. The molecule has 0 spiro atoms. The van der Waals surface area contributed by atoms with Crippen molar-refractivity contribution < 1.29 is 38.1 Å². The number of allylic oxidation sites excluding steroid dienone is 1. The second kappa shape index (κ2) is 13.4. The molecular formula is C23H33N5O8S2. The van der Waals surface area contributed by atoms with Crippen LogP contribution in [0.3, 0.4) is 0 Å². The summed E-state index contributed by atoms with van der Waals surface area (Å²) in [4.78, 5) is 43.1. The molecule has 1 saturated heterocycles. The van der Waals surface area contributed by atoms with E-state index < -0.39 is 30.7 Å². The van der Waals surface area contributed by atoms with E-state index in [0.717, 1.165) is 17.7 Å². The summed E-state index contributed by atoms with van der Waals surface area (Å²) in [6.07, 6.45) is 1.82. The molecule has 5 N–H and O–H groups in total. The maximum atomic E-state index is 13.2. The van der Waals surface area contributed by atoms with E-state index in [9.17, 15) is 14.4 Å². The van der Waals surface area contributed by atoms with Gasteiger partial charge in [0, 0.05) is 37.5 Å². The van der Waals surface area contributed by atoms with E-state index in [1.165, 1.54) is 42.2 Å². The number of hydrogen-bond donors (Lipinski definition) is 3. The zero-order valence-corrected chi connectivity index (χ0v) is 23.3. The van der Waals surface area contributed by atoms with Gasteiger partial charge >= 0.3 is 12.1 Å². The number of methoxy groups -OCH3 is 2. The second-order valence-electron chi connectivity index (χ2n) is 8.48. The molecule has 1 aromatic rings. The van der Waals surface area contributed by atoms with Crippen molar-refractivity contribution >= 4 is 51.8 Å². The van der Waals surface area contributed by atoms with E-state index >= 15 is 0 Å². The summed E-state index contributed by atoms with van der Waals surface area (Å²) in [6, 6.07) is -0.544. The maximum Gasteiger partial charge on any atom is 0.404 e. The van der Waals surface area contributed by atoms with Gasteiger partial charge in [-0.2, -0.15) is 0 Å². The quantitative estimate of drug-likeness (QED) is 0.126. The van der Waals surface area contributed by atoms with Crippen LogP contribution in [-0.2, 0) is 33.3 Å². The van der Waals surface area contributed by atoms with Crippen molar-refractivity contribution in [2.75, 3.05) is 52.3 Å². The minimum absolute atomic E-state index is 0.00463. The molecule has 210 valence electrons. The molecule has 0 saturated carbocycles. The first-order valence-corrected chi connectivity index (χ1v) is 13.6. The van der Waals surface area contributed by atoms with E-state index in [1.54, 1.807) is 6.92 Å². The molecular weight excluding hydrogens is 538 g/mol. The highest BCUT2D eigenvalue weighted by Crippen LogP contribution is 2.41. The first-order valence-electron chi connectivity index (χ1n) is 11.7. The summed E-state index contributed by atoms with van der Waals surface area (Å²) in [5.41, 5.74) is 13.0. The van der Waals surface area contributed by atoms with Crippen molar-refractivity contribution in [3.63, 3.8) is 0 Å². The number of thiazole rings is 1. The number of nitrogens with zero attached hydrogens (tertiary/aromatic N) is 2. The Morgan fingerprint density at radius 2 is 2.05 bits per heavy atom. The van der Waals surface area contributed by atoms with E-state index in [4.69, 9.17) is 35.2 Å². The average Bonchev–Trinajstić information content (AvgIpc) is 3.34. The van der Waals surface area contributed by atoms with Crippen LogP contribution in [0.2, 0.25) is 0 Å². The molecule has 0 bridgehead atoms. The fourth-order valence-corrected chi connectivity index (χ4v) is 5.70. The molecule has 0 radical (unpaired) electrons. The number of anilines is 1. The number of nitrogens with two attached hydrogens (primary N) is 2. The average molecular weight is 572 g/mol. The molecule has 0 unspecified atom stereocenters. The van der Waals surface area contributed by atoms with Gasteiger partial charge in [-0.15, -0.1) is 23.1 Å². The van der Waals surface area contributed by atoms with E-state index in [2.05, 4.69) is 10.3 Å². The third-order valence-corrected chi connectivity index (χ3v) is 7.96. The van der Waals surface area contributed by atoms with E-state index in [0.29, 0.717) is 23.0 Å². The van der Waals surface area contributed by atoms with Gasteiger partial charge in [0.1, 0.15) is 30.3 Å². The van der Waals surface area contributed by atoms with Gasteiger partial charge < -0.3 is 35.2 Å². The van der Waals surface area contributed by atoms with Gasteiger partial charge in [-0.05, 0) is 18.9 Å². The van der Waals surface area contributed by atoms with Gasteiger partial charge in [-0.3, -0.25) is 15.0 Å². The Hall–Kier alpha value is -2.69. The Bertz CT molecular complexity index is 1090. The highest BCUT2D eigenvalue weighted by Gasteiger charge is 2.53. The lowest BCUT2D eigenvalue weighted by Gasteiger charge is -2.50. The molecule has 2 aliphatic rings. The number of esters is 1. The van der Waals surface area contributed by atoms with Crippen LogP contribution in [0.15, 0.2) is 22.7 Å². The number of hydrogen-bond acceptors (Lipinski definition) is 13. The van der Waals surface area contributed by atoms with Crippen molar-refractivity contribution in [1.29, 1.82) is 0 Å². The Morgan fingerprint density at radius 3 is 2.66 bits per heavy atom. The minimum Gasteiger partial charge on any atom is -0.445 e. The molecule has 1 fully saturated rings. The topological polar surface area (TPSA) is 178 Å². The maximum absolute atomic E-state index is 13.2. The van der Waals surface area contributed by atoms with Gasteiger partial charge in [0.05, 0.1) is 5.69 Å². The van der Waals surface area contributed by atoms with Gasteiger partial charge in [0.15, 0.2) is 17.7 Å². The standard InChI is InChI=1S/C23H33N5O8S2/c1-5-6-13(15-10-38-21(24)27-15)7-26-16-18(29)28-17(14(8-35-22(25)31)9-37-19(16)28)20(30)36-12-34-11-23(2,32-3)33-4/h6,10,16,19,26H,5,7-9,11-12H2,1-4H3,(H2,24,27)(H2,25,31)/b13-6-/t16-,19-/m1/s1. The Kier molecular flexibility index (Phi) is 10.5. The molecule has 3 heterocycles. The number of thioether (sulfide) groups is 1. The van der Waals surface area contributed by atoms with Crippen LogP contribution in [0.1, 0.15) is 26.0 Å². The Balaban J connectivity index is 1.69. The molecule has 13 nitrogen and oxygen atoms in total. The van der Waals surface area contributed by atoms with Crippen LogP contribution >= 0.6 is 23.1 Å². The summed E-state index contributed by atoms with van der Waals surface area (Å²) in [5.74, 6) is -1.78. The number of nitrogens with one attached hydrogen (secondary N) is 1. The first-order chi connectivity index (χ1) is 18.1. The van der Waals surface area contributed by atoms with E-state index in [1.807, 2.05) is 18.4 Å². The fraction of sp³-hybridized carbons (Fsp3) is 0.565. The first kappa shape index (κ1) is 29.9. The number of fused-ring (bicyclic) bond motifs is 1. The van der Waals surface area contributed by atoms with Crippen LogP contribution in [0.4, 0.5) is 9.93 Å². The van der Waals surface area contributed by atoms with Crippen LogP contribution in [0.25, 0.3) is 5.57 Å². The highest BCUT2D eigenvalue weighted by atomic mass is 32.2. The van der Waals surface area contributed by atoms with Gasteiger partial charge in [0.25, 0.3) is 0 Å². The largest absolute Gasteiger partial charge is 0.445 e. The summed E-state index contributed by atoms with van der Waals surface area (Å²) >= 11 is 2.78. The normalized spacial score (nSPS) is 19.7. The number of nitrogen functional groups attached to an aromatic ring is 1. The predicted octanol–water partition coefficient (Wildman–Crippen LogP) is 1.27. The summed E-state index contributed by atoms with van der Waals surface area (Å²) in [7, 11) is 2.92. The van der Waals surface area contributed by atoms with Crippen LogP contribution in [0.5, 0.6) is 0 Å². The number of carbonyl (C=O) groups is 3. The molecule has 0 aromatic carbocycles. The van der Waals surface area contributed by atoms with E-state index in [-0.39, 0.29) is 30.2 Å². The van der Waals surface area contributed by atoms with Gasteiger partial charge in [-0.1, -0.05) is 13.0 Å². The molecule has 2 atom stereocenters. The molecule has 15 heteroatoms. The number of amides is 2. The smallest absolute Gasteiger partial charge is 0.404 e. The van der Waals surface area contributed by atoms with Crippen LogP contribution in [0, 0.1) is 0 Å². The zero-order valence-electron chi connectivity index (χ0n) is 21.7. The highest BCUT2D eigenvalue weighted by molar-refractivity contribution is 8.00. The summed E-state index contributed by atoms with van der Waals surface area (Å²) < 4.78 is 26.0. The molecule has 1 aromatic heterocycles. The number of β-lactam (4-membered cyclic amide) rings is 1. The monoisotopic (exact) mass is 571 g/mol. The zero-order chi connectivity index (χ0) is 27.9. The number of rotatable bonds is 14. The van der Waals surface area contributed by atoms with Crippen LogP contribution in [-0.4, -0.2) is 91.6 Å². The molecule has 38 heavy (non-hydrogen) atoms. The van der Waals surface area contributed by atoms with Crippen molar-refractivity contribution in [2.24, 2.45) is 5.73 Å². The molecule has 3 rings (SSSR count). The minimum atomic E-state index is -1.01. The van der Waals surface area contributed by atoms with Crippen LogP contribution < -0.4 is 16.8 Å². The second-order valence-corrected chi connectivity index (χ2v) is 10.5. The number of carbonyl (C=O) groups excluding carboxylic acids is 3. The van der Waals surface area contributed by atoms with Gasteiger partial charge in [-0.25, -0.2) is 14.6 Å². The summed E-state index contributed by atoms with van der Waals surface area (Å²) in [6.45, 7) is 3.41. The summed E-state index contributed by atoms with van der Waals surface area (Å²) in [5, 5.41) is 5.25. The SMILES string of the molecule is CC/C=C(/CN[C@@H]1C(=O)N2C(C(=O)OCOCC(C)(OC)OC)=C(COC(N)=O)CS[C@H]12)c1csc(N)n1. The Labute approximate surface area is 228 Å². The third kappa shape index (κ3) is 7.03. The Morgan fingerprint density at radius 1 is 1.32 bits per heavy atom. The van der Waals surface area contributed by atoms with Crippen molar-refractivity contribution in [3.8, 4) is 0 Å².